The smallest absolute Gasteiger partial charge is 0.180 e. The van der Waals surface area contributed by atoms with E-state index >= 15 is 0 Å². The topological polar surface area (TPSA) is 0 Å². The van der Waals surface area contributed by atoms with Gasteiger partial charge in [-0.25, -0.2) is 0 Å². The quantitative estimate of drug-likeness (QED) is 0.114. The van der Waals surface area contributed by atoms with E-state index < -0.39 is 64.3 Å². The summed E-state index contributed by atoms with van der Waals surface area (Å²) in [6.45, 7) is 85.6. The Labute approximate surface area is 399 Å². The second kappa shape index (κ2) is 16.2. The van der Waals surface area contributed by atoms with Crippen molar-refractivity contribution >= 4 is 102 Å². The molecule has 0 amide bonds. The first kappa shape index (κ1) is 57.3. The van der Waals surface area contributed by atoms with Crippen LogP contribution in [0.15, 0.2) is 48.5 Å². The average Bonchev–Trinajstić information content (AvgIpc) is 3.32. The van der Waals surface area contributed by atoms with Gasteiger partial charge in [-0.05, 0) is 30.2 Å². The molecule has 0 N–H and O–H groups in total. The van der Waals surface area contributed by atoms with Gasteiger partial charge in [0.25, 0.3) is 0 Å². The van der Waals surface area contributed by atoms with Crippen LogP contribution in [0.4, 0.5) is 0 Å². The molecule has 3 aromatic carbocycles. The number of fused-ring (bicyclic) bond motifs is 3. The number of hydrogen-bond acceptors (Lipinski definition) is 0. The van der Waals surface area contributed by atoms with Crippen LogP contribution in [-0.4, -0.2) is 64.3 Å². The van der Waals surface area contributed by atoms with Crippen LogP contribution < -0.4 is 24.0 Å². The SMILES string of the molecule is CC(C)(C)[Si](C)(C)[Si]([Si](C)(C)C(C)(C)C)([Si](C)(C)C(C)(C)C)[Si](Cl)([c-]1c2ccccc2c2ccccc21)[Si]([Si](C)(C)C(C)(C)C)([Si](C)(C)C(C)(C)C)[Si](C)(C)C(C)(C)C.[Li+]. The zero-order valence-electron chi connectivity index (χ0n) is 46.0. The van der Waals surface area contributed by atoms with Crippen molar-refractivity contribution in [3.8, 4) is 0 Å². The summed E-state index contributed by atoms with van der Waals surface area (Å²) in [5.41, 5.74) is 0. The number of hydrogen-bond donors (Lipinski definition) is 0. The summed E-state index contributed by atoms with van der Waals surface area (Å²) >= 11 is 11.0. The molecule has 0 spiro atoms. The molecule has 0 bridgehead atoms. The number of benzene rings is 2. The molecule has 0 unspecified atom stereocenters. The molecule has 0 aliphatic rings. The minimum Gasteiger partial charge on any atom is -0.180 e. The zero-order chi connectivity index (χ0) is 47.0. The van der Waals surface area contributed by atoms with E-state index in [4.69, 9.17) is 0 Å². The fourth-order valence-corrected chi connectivity index (χ4v) is 461. The van der Waals surface area contributed by atoms with Crippen molar-refractivity contribution in [3.63, 3.8) is 0 Å². The Morgan fingerprint density at radius 1 is 0.333 bits per heavy atom. The molecule has 0 aliphatic carbocycles. The molecule has 0 radical (unpaired) electrons. The minimum absolute atomic E-state index is 0. The zero-order valence-corrected chi connectivity index (χ0v) is 55.8. The predicted octanol–water partition coefficient (Wildman–Crippen LogP) is 14.7. The van der Waals surface area contributed by atoms with Crippen LogP contribution in [0, 0.1) is 0 Å². The van der Waals surface area contributed by atoms with Crippen LogP contribution in [0.3, 0.4) is 0 Å². The molecule has 0 atom stereocenters. The number of halogens is 1. The van der Waals surface area contributed by atoms with Gasteiger partial charge in [0.2, 0.25) is 0 Å². The van der Waals surface area contributed by atoms with Crippen LogP contribution in [-0.2, 0) is 0 Å². The van der Waals surface area contributed by atoms with Gasteiger partial charge in [-0.15, -0.1) is 38.9 Å². The van der Waals surface area contributed by atoms with Crippen molar-refractivity contribution in [2.75, 3.05) is 0 Å². The van der Waals surface area contributed by atoms with E-state index in [1.54, 1.807) is 10.8 Å². The minimum atomic E-state index is -3.31. The summed E-state index contributed by atoms with van der Waals surface area (Å²) in [6.07, 6.45) is -8.90. The van der Waals surface area contributed by atoms with Gasteiger partial charge < -0.3 is 0 Å². The van der Waals surface area contributed by atoms with E-state index in [0.717, 1.165) is 0 Å². The summed E-state index contributed by atoms with van der Waals surface area (Å²) < 4.78 is 0. The van der Waals surface area contributed by atoms with Crippen molar-refractivity contribution < 1.29 is 18.9 Å². The normalized spacial score (nSPS) is 16.1. The molecule has 0 aliphatic heterocycles. The van der Waals surface area contributed by atoms with E-state index in [2.05, 4.69) is 252 Å². The summed E-state index contributed by atoms with van der Waals surface area (Å²) in [4.78, 5) is 0. The molecule has 0 fully saturated rings. The van der Waals surface area contributed by atoms with Crippen LogP contribution in [0.5, 0.6) is 0 Å². The Morgan fingerprint density at radius 3 is 0.667 bits per heavy atom. The molecule has 3 aromatic rings. The van der Waals surface area contributed by atoms with Gasteiger partial charge in [0.05, 0.1) is 0 Å². The molecule has 3 rings (SSSR count). The van der Waals surface area contributed by atoms with E-state index in [1.165, 1.54) is 10.8 Å². The maximum atomic E-state index is 11.0. The van der Waals surface area contributed by atoms with E-state index in [0.29, 0.717) is 0 Å². The standard InChI is InChI=1S/C49H98ClSi9.Li/c1-44(2,3)51(19,20)58(52(21,22)45(4,5)6,53(23,24)46(7,8)9)57(50,43-41-37-33-31-35-39(41)40-36-32-34-38-42(40)43)59(54(25,26)47(10,11)12,55(27,28)48(13,14)15)56(29,30)49(16,17)18;/h31-38H,1-30H3;/q-1;+1. The number of rotatable bonds is 9. The van der Waals surface area contributed by atoms with E-state index in [9.17, 15) is 11.1 Å². The Morgan fingerprint density at radius 2 is 0.500 bits per heavy atom. The third-order valence-electron chi connectivity index (χ3n) is 20.9. The van der Waals surface area contributed by atoms with Gasteiger partial charge >= 0.3 is 18.9 Å². The van der Waals surface area contributed by atoms with Crippen LogP contribution in [0.2, 0.25) is 109 Å². The van der Waals surface area contributed by atoms with E-state index in [1.807, 2.05) is 5.19 Å². The van der Waals surface area contributed by atoms with Crippen molar-refractivity contribution in [2.24, 2.45) is 0 Å². The molecule has 0 nitrogen and oxygen atoms in total. The second-order valence-electron chi connectivity index (χ2n) is 28.9. The summed E-state index contributed by atoms with van der Waals surface area (Å²) in [6, 6.07) is 19.7. The Bertz CT molecular complexity index is 1740. The first-order valence-corrected chi connectivity index (χ1v) is 56.4. The third kappa shape index (κ3) is 7.16. The second-order valence-corrected chi connectivity index (χ2v) is 130. The van der Waals surface area contributed by atoms with Gasteiger partial charge in [0.1, 0.15) is 6.42 Å². The maximum Gasteiger partial charge on any atom is 1.00 e. The fourth-order valence-electron chi connectivity index (χ4n) is 13.7. The van der Waals surface area contributed by atoms with Crippen LogP contribution in [0.1, 0.15) is 125 Å². The third-order valence-corrected chi connectivity index (χ3v) is 269. The van der Waals surface area contributed by atoms with Gasteiger partial charge in [0, 0.05) is 57.8 Å². The molecule has 0 saturated heterocycles. The van der Waals surface area contributed by atoms with Crippen molar-refractivity contribution in [1.29, 1.82) is 0 Å². The fraction of sp³-hybridized carbons (Fsp3) is 0.735. The Kier molecular flexibility index (Phi) is 15.4. The summed E-state index contributed by atoms with van der Waals surface area (Å²) in [5.74, 6) is 0. The maximum absolute atomic E-state index is 11.0. The van der Waals surface area contributed by atoms with Gasteiger partial charge in [-0.3, -0.25) is 0 Å². The molecule has 0 heterocycles. The Balaban J connectivity index is 0.0000124. The molecule has 60 heavy (non-hydrogen) atoms. The van der Waals surface area contributed by atoms with Crippen LogP contribution >= 0.6 is 11.1 Å². The summed E-state index contributed by atoms with van der Waals surface area (Å²) in [7, 11) is -14.2. The van der Waals surface area contributed by atoms with Gasteiger partial charge in [0.15, 0.2) is 0 Å². The first-order valence-electron chi connectivity index (χ1n) is 23.3. The Hall–Kier alpha value is 1.15. The monoisotopic (exact) mass is 981 g/mol. The van der Waals surface area contributed by atoms with Crippen LogP contribution in [0.25, 0.3) is 21.5 Å². The largest absolute Gasteiger partial charge is 1.00 e. The predicted molar refractivity (Wildman–Crippen MR) is 303 cm³/mol. The molecular weight excluding hydrogens is 884 g/mol. The molecule has 338 valence electrons. The summed E-state index contributed by atoms with van der Waals surface area (Å²) in [5, 5.41) is 9.00. The van der Waals surface area contributed by atoms with Gasteiger partial charge in [-0.2, -0.15) is 11.1 Å². The van der Waals surface area contributed by atoms with Gasteiger partial charge in [-0.1, -0.05) is 240 Å². The van der Waals surface area contributed by atoms with Crippen molar-refractivity contribution in [3.05, 3.63) is 48.5 Å². The molecular formula is C49H98ClLiSi9. The van der Waals surface area contributed by atoms with Crippen molar-refractivity contribution in [1.82, 2.24) is 0 Å². The molecule has 0 saturated carbocycles. The molecule has 0 aromatic heterocycles. The first-order chi connectivity index (χ1) is 25.6. The average molecular weight is 982 g/mol. The van der Waals surface area contributed by atoms with Crippen molar-refractivity contribution in [2.45, 2.75) is 233 Å². The molecule has 11 heteroatoms. The van der Waals surface area contributed by atoms with E-state index in [-0.39, 0.29) is 49.1 Å².